The molecule has 0 aliphatic heterocycles. The van der Waals surface area contributed by atoms with Gasteiger partial charge >= 0.3 is 0 Å². The fourth-order valence-electron chi connectivity index (χ4n) is 2.30. The molecule has 0 spiro atoms. The third-order valence-electron chi connectivity index (χ3n) is 4.04. The van der Waals surface area contributed by atoms with Gasteiger partial charge in [0.2, 0.25) is 0 Å². The third-order valence-corrected chi connectivity index (χ3v) is 4.04. The Morgan fingerprint density at radius 3 is 2.20 bits per heavy atom. The molecular weight excluding hydrogens is 270 g/mol. The summed E-state index contributed by atoms with van der Waals surface area (Å²) >= 11 is 0. The number of hydrogen-bond donors (Lipinski definition) is 3. The van der Waals surface area contributed by atoms with Gasteiger partial charge in [0.25, 0.3) is 0 Å². The van der Waals surface area contributed by atoms with Crippen LogP contribution in [0.25, 0.3) is 0 Å². The molecule has 0 bridgehead atoms. The minimum Gasteiger partial charge on any atom is -0.399 e. The zero-order valence-corrected chi connectivity index (χ0v) is 13.8. The minimum atomic E-state index is 0. The van der Waals surface area contributed by atoms with Crippen molar-refractivity contribution in [3.8, 4) is 0 Å². The molecule has 0 amide bonds. The molecule has 1 unspecified atom stereocenters. The van der Waals surface area contributed by atoms with Crippen LogP contribution < -0.4 is 16.8 Å². The Hall–Kier alpha value is -0.930. The zero-order valence-electron chi connectivity index (χ0n) is 13.0. The van der Waals surface area contributed by atoms with Crippen LogP contribution in [0.4, 0.5) is 11.4 Å². The molecule has 1 rings (SSSR count). The van der Waals surface area contributed by atoms with Crippen molar-refractivity contribution in [3.63, 3.8) is 0 Å². The Morgan fingerprint density at radius 2 is 1.70 bits per heavy atom. The summed E-state index contributed by atoms with van der Waals surface area (Å²) in [5, 5.41) is 3.49. The van der Waals surface area contributed by atoms with Crippen LogP contribution in [0.2, 0.25) is 0 Å². The molecule has 0 heterocycles. The van der Waals surface area contributed by atoms with Crippen molar-refractivity contribution in [2.24, 2.45) is 5.73 Å². The first-order chi connectivity index (χ1) is 8.99. The second kappa shape index (κ2) is 9.09. The highest BCUT2D eigenvalue weighted by Crippen LogP contribution is 2.20. The highest BCUT2D eigenvalue weighted by Gasteiger charge is 2.19. The van der Waals surface area contributed by atoms with Gasteiger partial charge in [0.15, 0.2) is 0 Å². The quantitative estimate of drug-likeness (QED) is 0.631. The molecule has 0 aliphatic carbocycles. The topological polar surface area (TPSA) is 64.1 Å². The van der Waals surface area contributed by atoms with Gasteiger partial charge in [-0.2, -0.15) is 0 Å². The molecule has 0 fully saturated rings. The molecule has 3 nitrogen and oxygen atoms in total. The van der Waals surface area contributed by atoms with Gasteiger partial charge in [-0.1, -0.05) is 13.8 Å². The van der Waals surface area contributed by atoms with Gasteiger partial charge in [0.05, 0.1) is 0 Å². The summed E-state index contributed by atoms with van der Waals surface area (Å²) in [6.45, 7) is 6.57. The smallest absolute Gasteiger partial charge is 0.0343 e. The highest BCUT2D eigenvalue weighted by atomic mass is 35.5. The zero-order chi connectivity index (χ0) is 14.3. The number of benzene rings is 1. The van der Waals surface area contributed by atoms with Gasteiger partial charge in [-0.15, -0.1) is 12.4 Å². The van der Waals surface area contributed by atoms with Crippen molar-refractivity contribution in [2.75, 3.05) is 11.1 Å². The fraction of sp³-hybridized carbons (Fsp3) is 0.625. The molecule has 0 aliphatic rings. The Bertz CT molecular complexity index is 360. The first-order valence-electron chi connectivity index (χ1n) is 7.40. The molecule has 116 valence electrons. The molecular formula is C16H30ClN3. The molecule has 1 aromatic carbocycles. The van der Waals surface area contributed by atoms with Crippen LogP contribution in [0, 0.1) is 0 Å². The van der Waals surface area contributed by atoms with Crippen LogP contribution in [-0.2, 0) is 0 Å². The van der Waals surface area contributed by atoms with Crippen LogP contribution in [0.15, 0.2) is 24.3 Å². The Morgan fingerprint density at radius 1 is 1.15 bits per heavy atom. The van der Waals surface area contributed by atoms with Crippen molar-refractivity contribution in [1.29, 1.82) is 0 Å². The van der Waals surface area contributed by atoms with Gasteiger partial charge in [-0.25, -0.2) is 0 Å². The van der Waals surface area contributed by atoms with Gasteiger partial charge in [0, 0.05) is 23.0 Å². The SMILES string of the molecule is CCC(N)(CC)CCCC(C)Nc1ccc(N)cc1.Cl. The minimum absolute atomic E-state index is 0. The summed E-state index contributed by atoms with van der Waals surface area (Å²) < 4.78 is 0. The van der Waals surface area contributed by atoms with Crippen LogP contribution in [0.3, 0.4) is 0 Å². The molecule has 0 saturated heterocycles. The van der Waals surface area contributed by atoms with E-state index in [1.165, 1.54) is 6.42 Å². The summed E-state index contributed by atoms with van der Waals surface area (Å²) in [5.74, 6) is 0. The lowest BCUT2D eigenvalue weighted by atomic mass is 9.88. The van der Waals surface area contributed by atoms with Crippen molar-refractivity contribution in [3.05, 3.63) is 24.3 Å². The van der Waals surface area contributed by atoms with Gasteiger partial charge in [0.1, 0.15) is 0 Å². The van der Waals surface area contributed by atoms with E-state index in [-0.39, 0.29) is 17.9 Å². The van der Waals surface area contributed by atoms with Gasteiger partial charge in [-0.05, 0) is 63.3 Å². The molecule has 1 atom stereocenters. The summed E-state index contributed by atoms with van der Waals surface area (Å²) in [5.41, 5.74) is 14.0. The average molecular weight is 300 g/mol. The van der Waals surface area contributed by atoms with Crippen molar-refractivity contribution < 1.29 is 0 Å². The van der Waals surface area contributed by atoms with E-state index in [9.17, 15) is 0 Å². The lowest BCUT2D eigenvalue weighted by molar-refractivity contribution is 0.350. The number of nitrogen functional groups attached to an aromatic ring is 1. The first kappa shape index (κ1) is 19.1. The lowest BCUT2D eigenvalue weighted by Crippen LogP contribution is -2.38. The molecule has 1 aromatic rings. The summed E-state index contributed by atoms with van der Waals surface area (Å²) in [6.07, 6.45) is 5.53. The molecule has 0 aromatic heterocycles. The van der Waals surface area contributed by atoms with E-state index in [2.05, 4.69) is 26.1 Å². The molecule has 4 heteroatoms. The van der Waals surface area contributed by atoms with Gasteiger partial charge < -0.3 is 16.8 Å². The van der Waals surface area contributed by atoms with E-state index in [4.69, 9.17) is 11.5 Å². The number of hydrogen-bond acceptors (Lipinski definition) is 3. The summed E-state index contributed by atoms with van der Waals surface area (Å²) in [7, 11) is 0. The second-order valence-corrected chi connectivity index (χ2v) is 5.63. The second-order valence-electron chi connectivity index (χ2n) is 5.63. The van der Waals surface area contributed by atoms with E-state index in [1.807, 2.05) is 24.3 Å². The van der Waals surface area contributed by atoms with Crippen LogP contribution in [-0.4, -0.2) is 11.6 Å². The van der Waals surface area contributed by atoms with Crippen molar-refractivity contribution >= 4 is 23.8 Å². The number of rotatable bonds is 8. The normalized spacial score (nSPS) is 12.6. The Kier molecular flexibility index (Phi) is 8.67. The number of anilines is 2. The molecule has 20 heavy (non-hydrogen) atoms. The molecule has 5 N–H and O–H groups in total. The molecule has 0 radical (unpaired) electrons. The number of nitrogens with one attached hydrogen (secondary N) is 1. The van der Waals surface area contributed by atoms with Crippen molar-refractivity contribution in [1.82, 2.24) is 0 Å². The molecule has 0 saturated carbocycles. The highest BCUT2D eigenvalue weighted by molar-refractivity contribution is 5.85. The van der Waals surface area contributed by atoms with E-state index in [1.54, 1.807) is 0 Å². The van der Waals surface area contributed by atoms with Crippen molar-refractivity contribution in [2.45, 2.75) is 64.5 Å². The average Bonchev–Trinajstić information content (AvgIpc) is 2.41. The maximum atomic E-state index is 6.32. The first-order valence-corrected chi connectivity index (χ1v) is 7.40. The number of nitrogens with two attached hydrogens (primary N) is 2. The summed E-state index contributed by atoms with van der Waals surface area (Å²) in [4.78, 5) is 0. The predicted octanol–water partition coefficient (Wildman–Crippen LogP) is 4.18. The standard InChI is InChI=1S/C16H29N3.ClH/c1-4-16(18,5-2)12-6-7-13(3)19-15-10-8-14(17)9-11-15;/h8-11,13,19H,4-7,12,17-18H2,1-3H3;1H. The Labute approximate surface area is 129 Å². The van der Waals surface area contributed by atoms with E-state index >= 15 is 0 Å². The fourth-order valence-corrected chi connectivity index (χ4v) is 2.30. The predicted molar refractivity (Wildman–Crippen MR) is 92.5 cm³/mol. The van der Waals surface area contributed by atoms with Crippen LogP contribution in [0.5, 0.6) is 0 Å². The van der Waals surface area contributed by atoms with Crippen LogP contribution in [0.1, 0.15) is 52.9 Å². The Balaban J connectivity index is 0.00000361. The van der Waals surface area contributed by atoms with E-state index in [0.29, 0.717) is 6.04 Å². The van der Waals surface area contributed by atoms with Crippen LogP contribution >= 0.6 is 12.4 Å². The monoisotopic (exact) mass is 299 g/mol. The van der Waals surface area contributed by atoms with E-state index < -0.39 is 0 Å². The van der Waals surface area contributed by atoms with Gasteiger partial charge in [-0.3, -0.25) is 0 Å². The van der Waals surface area contributed by atoms with E-state index in [0.717, 1.165) is 37.1 Å². The number of halogens is 1. The maximum Gasteiger partial charge on any atom is 0.0343 e. The largest absolute Gasteiger partial charge is 0.399 e. The lowest BCUT2D eigenvalue weighted by Gasteiger charge is -2.27. The maximum absolute atomic E-state index is 6.32. The summed E-state index contributed by atoms with van der Waals surface area (Å²) in [6, 6.07) is 8.36. The third kappa shape index (κ3) is 6.49.